The molecule has 0 bridgehead atoms. The molecule has 1 saturated heterocycles. The number of nitrogens with one attached hydrogen (secondary N) is 2. The third-order valence-corrected chi connectivity index (χ3v) is 6.91. The highest BCUT2D eigenvalue weighted by Crippen LogP contribution is 2.43. The molecule has 0 saturated carbocycles. The van der Waals surface area contributed by atoms with Gasteiger partial charge in [-0.05, 0) is 49.1 Å². The lowest BCUT2D eigenvalue weighted by Crippen LogP contribution is -2.54. The normalized spacial score (nSPS) is 21.2. The number of nitrogens with zero attached hydrogens (tertiary/aromatic N) is 2. The fourth-order valence-corrected chi connectivity index (χ4v) is 5.27. The molecule has 11 heteroatoms. The molecule has 36 heavy (non-hydrogen) atoms. The van der Waals surface area contributed by atoms with Crippen molar-refractivity contribution in [3.05, 3.63) is 58.2 Å². The van der Waals surface area contributed by atoms with Gasteiger partial charge in [-0.1, -0.05) is 6.07 Å². The number of hydrogen-bond donors (Lipinski definition) is 3. The molecule has 196 valence electrons. The summed E-state index contributed by atoms with van der Waals surface area (Å²) in [5, 5.41) is 10.8. The number of fused-ring (bicyclic) bond motifs is 1. The van der Waals surface area contributed by atoms with E-state index in [0.717, 1.165) is 23.2 Å². The molecule has 5 nitrogen and oxygen atoms in total. The SMILES string of the molecule is C[C@@H]1Cc2c(ccc(N)c2C=N)[C@@H](c2c(F)cc(NC3CN(CCCF)C3)cc2F)N1CC(F)(F)F. The molecule has 0 spiro atoms. The first kappa shape index (κ1) is 26.3. The van der Waals surface area contributed by atoms with Gasteiger partial charge in [-0.25, -0.2) is 8.78 Å². The Morgan fingerprint density at radius 1 is 1.17 bits per heavy atom. The van der Waals surface area contributed by atoms with Gasteiger partial charge in [0.25, 0.3) is 0 Å². The predicted molar refractivity (Wildman–Crippen MR) is 127 cm³/mol. The minimum atomic E-state index is -4.59. The Kier molecular flexibility index (Phi) is 7.51. The first-order chi connectivity index (χ1) is 17.0. The van der Waals surface area contributed by atoms with Crippen LogP contribution in [0, 0.1) is 17.0 Å². The van der Waals surface area contributed by atoms with Gasteiger partial charge in [0, 0.05) is 54.4 Å². The zero-order chi connectivity index (χ0) is 26.2. The van der Waals surface area contributed by atoms with Gasteiger partial charge in [0.05, 0.1) is 25.3 Å². The molecular weight excluding hydrogens is 484 g/mol. The van der Waals surface area contributed by atoms with Gasteiger partial charge in [-0.2, -0.15) is 13.2 Å². The molecule has 0 aromatic heterocycles. The van der Waals surface area contributed by atoms with E-state index in [2.05, 4.69) is 5.32 Å². The van der Waals surface area contributed by atoms with Crippen LogP contribution in [0.5, 0.6) is 0 Å². The van der Waals surface area contributed by atoms with Gasteiger partial charge in [0.2, 0.25) is 0 Å². The van der Waals surface area contributed by atoms with Crippen molar-refractivity contribution in [3.8, 4) is 0 Å². The summed E-state index contributed by atoms with van der Waals surface area (Å²) >= 11 is 0. The van der Waals surface area contributed by atoms with E-state index in [-0.39, 0.29) is 23.8 Å². The Labute approximate surface area is 205 Å². The summed E-state index contributed by atoms with van der Waals surface area (Å²) in [5.74, 6) is -1.92. The molecule has 2 heterocycles. The van der Waals surface area contributed by atoms with Crippen molar-refractivity contribution in [2.24, 2.45) is 0 Å². The summed E-state index contributed by atoms with van der Waals surface area (Å²) in [7, 11) is 0. The average molecular weight is 514 g/mol. The van der Waals surface area contributed by atoms with E-state index in [1.165, 1.54) is 12.1 Å². The lowest BCUT2D eigenvalue weighted by molar-refractivity contribution is -0.155. The molecule has 0 aliphatic carbocycles. The molecule has 2 aromatic rings. The summed E-state index contributed by atoms with van der Waals surface area (Å²) in [6, 6.07) is 3.01. The quantitative estimate of drug-likeness (QED) is 0.267. The Morgan fingerprint density at radius 3 is 2.42 bits per heavy atom. The number of alkyl halides is 4. The van der Waals surface area contributed by atoms with Crippen molar-refractivity contribution >= 4 is 17.6 Å². The van der Waals surface area contributed by atoms with Crippen LogP contribution in [-0.2, 0) is 6.42 Å². The number of halogens is 6. The van der Waals surface area contributed by atoms with Gasteiger partial charge in [-0.15, -0.1) is 0 Å². The second-order valence-electron chi connectivity index (χ2n) is 9.52. The first-order valence-electron chi connectivity index (χ1n) is 11.8. The number of benzene rings is 2. The van der Waals surface area contributed by atoms with Crippen LogP contribution in [0.3, 0.4) is 0 Å². The number of likely N-dealkylation sites (tertiary alicyclic amines) is 1. The fraction of sp³-hybridized carbons (Fsp3) is 0.480. The predicted octanol–water partition coefficient (Wildman–Crippen LogP) is 4.90. The van der Waals surface area contributed by atoms with Crippen LogP contribution < -0.4 is 11.1 Å². The van der Waals surface area contributed by atoms with E-state index in [9.17, 15) is 17.6 Å². The van der Waals surface area contributed by atoms with E-state index < -0.39 is 48.7 Å². The molecule has 0 unspecified atom stereocenters. The van der Waals surface area contributed by atoms with Gasteiger partial charge in [0.15, 0.2) is 0 Å². The smallest absolute Gasteiger partial charge is 0.398 e. The van der Waals surface area contributed by atoms with Gasteiger partial charge >= 0.3 is 6.18 Å². The second-order valence-corrected chi connectivity index (χ2v) is 9.52. The van der Waals surface area contributed by atoms with Crippen LogP contribution in [-0.4, -0.2) is 67.1 Å². The highest BCUT2D eigenvalue weighted by atomic mass is 19.4. The molecule has 0 radical (unpaired) electrons. The monoisotopic (exact) mass is 513 g/mol. The van der Waals surface area contributed by atoms with Crippen molar-refractivity contribution in [3.63, 3.8) is 0 Å². The van der Waals surface area contributed by atoms with E-state index in [1.807, 2.05) is 4.90 Å². The topological polar surface area (TPSA) is 68.4 Å². The lowest BCUT2D eigenvalue weighted by atomic mass is 9.82. The fourth-order valence-electron chi connectivity index (χ4n) is 5.27. The molecule has 4 rings (SSSR count). The molecule has 0 amide bonds. The number of nitrogens with two attached hydrogens (primary N) is 1. The van der Waals surface area contributed by atoms with Gasteiger partial charge in [-0.3, -0.25) is 14.2 Å². The summed E-state index contributed by atoms with van der Waals surface area (Å²) in [6.45, 7) is 1.62. The summed E-state index contributed by atoms with van der Waals surface area (Å²) in [5.41, 5.74) is 7.13. The van der Waals surface area contributed by atoms with Crippen LogP contribution >= 0.6 is 0 Å². The molecule has 2 aliphatic heterocycles. The van der Waals surface area contributed by atoms with E-state index >= 15 is 8.78 Å². The highest BCUT2D eigenvalue weighted by Gasteiger charge is 2.43. The zero-order valence-corrected chi connectivity index (χ0v) is 19.8. The van der Waals surface area contributed by atoms with Crippen molar-refractivity contribution in [2.45, 2.75) is 44.1 Å². The number of nitrogen functional groups attached to an aromatic ring is 1. The number of hydrogen-bond acceptors (Lipinski definition) is 5. The van der Waals surface area contributed by atoms with Crippen LogP contribution in [0.4, 0.5) is 37.7 Å². The first-order valence-corrected chi connectivity index (χ1v) is 11.8. The maximum absolute atomic E-state index is 15.5. The second kappa shape index (κ2) is 10.3. The van der Waals surface area contributed by atoms with Crippen LogP contribution in [0.25, 0.3) is 0 Å². The highest BCUT2D eigenvalue weighted by molar-refractivity contribution is 5.88. The largest absolute Gasteiger partial charge is 0.401 e. The van der Waals surface area contributed by atoms with E-state index in [4.69, 9.17) is 11.1 Å². The van der Waals surface area contributed by atoms with Crippen LogP contribution in [0.15, 0.2) is 24.3 Å². The van der Waals surface area contributed by atoms with Crippen molar-refractivity contribution in [2.75, 3.05) is 43.9 Å². The molecular formula is C25H29F6N5. The van der Waals surface area contributed by atoms with Crippen molar-refractivity contribution < 1.29 is 26.3 Å². The van der Waals surface area contributed by atoms with E-state index in [0.29, 0.717) is 42.7 Å². The summed E-state index contributed by atoms with van der Waals surface area (Å²) in [4.78, 5) is 3.07. The average Bonchev–Trinajstić information content (AvgIpc) is 2.76. The maximum Gasteiger partial charge on any atom is 0.401 e. The third-order valence-electron chi connectivity index (χ3n) is 6.91. The molecule has 4 N–H and O–H groups in total. The van der Waals surface area contributed by atoms with Gasteiger partial charge < -0.3 is 16.5 Å². The molecule has 2 aromatic carbocycles. The molecule has 2 aliphatic rings. The minimum absolute atomic E-state index is 0.0652. The van der Waals surface area contributed by atoms with E-state index in [1.54, 1.807) is 6.92 Å². The number of rotatable bonds is 8. The Hall–Kier alpha value is -2.79. The van der Waals surface area contributed by atoms with Crippen molar-refractivity contribution in [1.82, 2.24) is 9.80 Å². The Morgan fingerprint density at radius 2 is 1.83 bits per heavy atom. The Balaban J connectivity index is 1.70. The van der Waals surface area contributed by atoms with Crippen LogP contribution in [0.2, 0.25) is 0 Å². The van der Waals surface area contributed by atoms with Crippen LogP contribution in [0.1, 0.15) is 41.6 Å². The zero-order valence-electron chi connectivity index (χ0n) is 19.8. The Bertz CT molecular complexity index is 1090. The third kappa shape index (κ3) is 5.31. The summed E-state index contributed by atoms with van der Waals surface area (Å²) < 4.78 is 83.9. The van der Waals surface area contributed by atoms with Gasteiger partial charge in [0.1, 0.15) is 11.6 Å². The number of anilines is 2. The van der Waals surface area contributed by atoms with Crippen molar-refractivity contribution in [1.29, 1.82) is 5.41 Å². The molecule has 1 fully saturated rings. The molecule has 2 atom stereocenters. The maximum atomic E-state index is 15.5. The standard InChI is InChI=1S/C25H29F6N5/c1-14-7-18-17(3-4-22(33)19(18)10-32)24(36(14)13-25(29,30)31)23-20(27)8-15(9-21(23)28)34-16-11-35(12-16)6-2-5-26/h3-4,8-10,14,16,24,32,34H,2,5-7,11-13,33H2,1H3/t14-,24+/m1/s1. The summed E-state index contributed by atoms with van der Waals surface area (Å²) in [6.07, 6.45) is -2.99. The lowest BCUT2D eigenvalue weighted by Gasteiger charge is -2.43. The minimum Gasteiger partial charge on any atom is -0.398 e.